The molecule has 0 saturated heterocycles. The average Bonchev–Trinajstić information content (AvgIpc) is 3.09. The first kappa shape index (κ1) is 16.2. The Morgan fingerprint density at radius 1 is 1.17 bits per heavy atom. The van der Waals surface area contributed by atoms with Crippen LogP contribution in [0, 0.1) is 5.82 Å². The molecule has 0 radical (unpaired) electrons. The number of nitrogens with one attached hydrogen (secondary N) is 1. The summed E-state index contributed by atoms with van der Waals surface area (Å²) in [5.41, 5.74) is 2.66. The van der Waals surface area contributed by atoms with Crippen molar-refractivity contribution < 1.29 is 13.7 Å². The molecule has 5 heteroatoms. The van der Waals surface area contributed by atoms with Gasteiger partial charge in [-0.25, -0.2) is 4.39 Å². The second-order valence-electron chi connectivity index (χ2n) is 5.54. The summed E-state index contributed by atoms with van der Waals surface area (Å²) in [4.78, 5) is 0. The fourth-order valence-corrected chi connectivity index (χ4v) is 2.46. The lowest BCUT2D eigenvalue weighted by Gasteiger charge is -2.14. The highest BCUT2D eigenvalue weighted by Gasteiger charge is 2.11. The maximum atomic E-state index is 13.8. The van der Waals surface area contributed by atoms with E-state index in [2.05, 4.69) is 10.5 Å². The van der Waals surface area contributed by atoms with Crippen molar-refractivity contribution in [2.45, 2.75) is 19.5 Å². The number of halogens is 1. The number of rotatable bonds is 6. The van der Waals surface area contributed by atoms with E-state index in [-0.39, 0.29) is 17.6 Å². The quantitative estimate of drug-likeness (QED) is 0.732. The molecule has 0 fully saturated rings. The smallest absolute Gasteiger partial charge is 0.165 e. The molecular weight excluding hydrogens is 307 g/mol. The molecule has 2 aromatic carbocycles. The van der Waals surface area contributed by atoms with Crippen molar-refractivity contribution in [3.8, 4) is 17.0 Å². The zero-order valence-corrected chi connectivity index (χ0v) is 13.6. The second-order valence-corrected chi connectivity index (χ2v) is 5.54. The first-order valence-corrected chi connectivity index (χ1v) is 7.75. The normalized spacial score (nSPS) is 12.1. The molecule has 124 valence electrons. The third-order valence-corrected chi connectivity index (χ3v) is 3.89. The van der Waals surface area contributed by atoms with E-state index < -0.39 is 0 Å². The molecule has 3 aromatic rings. The highest BCUT2D eigenvalue weighted by Crippen LogP contribution is 2.23. The van der Waals surface area contributed by atoms with Crippen LogP contribution in [-0.4, -0.2) is 12.3 Å². The van der Waals surface area contributed by atoms with Gasteiger partial charge in [-0.15, -0.1) is 0 Å². The third-order valence-electron chi connectivity index (χ3n) is 3.89. The second kappa shape index (κ2) is 7.27. The summed E-state index contributed by atoms with van der Waals surface area (Å²) in [6.45, 7) is 2.48. The fraction of sp³-hybridized carbons (Fsp3) is 0.211. The molecule has 1 atom stereocenters. The summed E-state index contributed by atoms with van der Waals surface area (Å²) < 4.78 is 24.1. The molecule has 0 aliphatic rings. The predicted octanol–water partition coefficient (Wildman–Crippen LogP) is 4.34. The van der Waals surface area contributed by atoms with Gasteiger partial charge in [-0.2, -0.15) is 0 Å². The van der Waals surface area contributed by atoms with Crippen LogP contribution >= 0.6 is 0 Å². The van der Waals surface area contributed by atoms with Crippen LogP contribution in [-0.2, 0) is 6.54 Å². The summed E-state index contributed by atoms with van der Waals surface area (Å²) >= 11 is 0. The van der Waals surface area contributed by atoms with Crippen molar-refractivity contribution in [3.05, 3.63) is 71.7 Å². The van der Waals surface area contributed by atoms with E-state index in [9.17, 15) is 4.39 Å². The monoisotopic (exact) mass is 326 g/mol. The summed E-state index contributed by atoms with van der Waals surface area (Å²) in [6, 6.07) is 16.7. The molecule has 0 spiro atoms. The lowest BCUT2D eigenvalue weighted by molar-refractivity contribution is 0.367. The Morgan fingerprint density at radius 2 is 1.96 bits per heavy atom. The number of ether oxygens (including phenoxy) is 1. The van der Waals surface area contributed by atoms with Gasteiger partial charge < -0.3 is 14.6 Å². The van der Waals surface area contributed by atoms with Crippen LogP contribution in [0.4, 0.5) is 4.39 Å². The summed E-state index contributed by atoms with van der Waals surface area (Å²) in [5.74, 6) is 0.609. The maximum absolute atomic E-state index is 13.8. The summed E-state index contributed by atoms with van der Waals surface area (Å²) in [5, 5.41) is 7.39. The van der Waals surface area contributed by atoms with Gasteiger partial charge >= 0.3 is 0 Å². The number of aromatic nitrogens is 1. The van der Waals surface area contributed by atoms with Crippen molar-refractivity contribution in [1.29, 1.82) is 0 Å². The van der Waals surface area contributed by atoms with Crippen LogP contribution in [0.15, 0.2) is 59.1 Å². The lowest BCUT2D eigenvalue weighted by atomic mass is 10.1. The zero-order chi connectivity index (χ0) is 16.9. The molecular formula is C19H19FN2O2. The van der Waals surface area contributed by atoms with Crippen LogP contribution in [0.3, 0.4) is 0 Å². The van der Waals surface area contributed by atoms with Gasteiger partial charge in [0.15, 0.2) is 17.3 Å². The number of hydrogen-bond acceptors (Lipinski definition) is 4. The predicted molar refractivity (Wildman–Crippen MR) is 90.1 cm³/mol. The van der Waals surface area contributed by atoms with Crippen molar-refractivity contribution in [2.24, 2.45) is 0 Å². The van der Waals surface area contributed by atoms with Gasteiger partial charge in [-0.1, -0.05) is 41.6 Å². The molecule has 0 aliphatic heterocycles. The van der Waals surface area contributed by atoms with Crippen LogP contribution in [0.1, 0.15) is 24.3 Å². The Labute approximate surface area is 140 Å². The highest BCUT2D eigenvalue weighted by molar-refractivity contribution is 5.58. The van der Waals surface area contributed by atoms with Gasteiger partial charge in [0, 0.05) is 17.7 Å². The minimum absolute atomic E-state index is 0.0318. The Kier molecular flexibility index (Phi) is 4.91. The van der Waals surface area contributed by atoms with E-state index in [1.807, 2.05) is 49.4 Å². The first-order chi connectivity index (χ1) is 11.7. The lowest BCUT2D eigenvalue weighted by Crippen LogP contribution is -2.17. The molecule has 0 aliphatic carbocycles. The molecule has 0 bridgehead atoms. The SMILES string of the molecule is COc1ccc(C(C)NCc2cc(-c3ccccc3)no2)cc1F. The molecule has 1 aromatic heterocycles. The third kappa shape index (κ3) is 3.63. The van der Waals surface area contributed by atoms with Crippen LogP contribution in [0.5, 0.6) is 5.75 Å². The minimum Gasteiger partial charge on any atom is -0.494 e. The molecule has 0 amide bonds. The molecule has 1 unspecified atom stereocenters. The molecule has 0 saturated carbocycles. The summed E-state index contributed by atoms with van der Waals surface area (Å²) in [7, 11) is 1.45. The standard InChI is InChI=1S/C19H19FN2O2/c1-13(15-8-9-19(23-2)17(20)10-15)21-12-16-11-18(22-24-16)14-6-4-3-5-7-14/h3-11,13,21H,12H2,1-2H3. The van der Waals surface area contributed by atoms with E-state index >= 15 is 0 Å². The Bertz CT molecular complexity index is 802. The highest BCUT2D eigenvalue weighted by atomic mass is 19.1. The van der Waals surface area contributed by atoms with Crippen LogP contribution in [0.25, 0.3) is 11.3 Å². The van der Waals surface area contributed by atoms with E-state index in [0.717, 1.165) is 22.6 Å². The summed E-state index contributed by atoms with van der Waals surface area (Å²) in [6.07, 6.45) is 0. The molecule has 1 N–H and O–H groups in total. The van der Waals surface area contributed by atoms with Crippen LogP contribution < -0.4 is 10.1 Å². The largest absolute Gasteiger partial charge is 0.494 e. The Morgan fingerprint density at radius 3 is 2.67 bits per heavy atom. The van der Waals surface area contributed by atoms with Gasteiger partial charge in [0.05, 0.1) is 13.7 Å². The maximum Gasteiger partial charge on any atom is 0.165 e. The van der Waals surface area contributed by atoms with Crippen molar-refractivity contribution in [1.82, 2.24) is 10.5 Å². The molecule has 24 heavy (non-hydrogen) atoms. The number of methoxy groups -OCH3 is 1. The molecule has 3 rings (SSSR count). The first-order valence-electron chi connectivity index (χ1n) is 7.75. The van der Waals surface area contributed by atoms with Crippen molar-refractivity contribution in [2.75, 3.05) is 7.11 Å². The van der Waals surface area contributed by atoms with E-state index in [1.54, 1.807) is 6.07 Å². The van der Waals surface area contributed by atoms with Gasteiger partial charge in [0.25, 0.3) is 0 Å². The van der Waals surface area contributed by atoms with Crippen LogP contribution in [0.2, 0.25) is 0 Å². The van der Waals surface area contributed by atoms with Crippen molar-refractivity contribution in [3.63, 3.8) is 0 Å². The fourth-order valence-electron chi connectivity index (χ4n) is 2.46. The topological polar surface area (TPSA) is 47.3 Å². The van der Waals surface area contributed by atoms with Gasteiger partial charge in [-0.3, -0.25) is 0 Å². The number of benzene rings is 2. The molecule has 1 heterocycles. The number of nitrogens with zero attached hydrogens (tertiary/aromatic N) is 1. The van der Waals surface area contributed by atoms with Crippen molar-refractivity contribution >= 4 is 0 Å². The minimum atomic E-state index is -0.366. The van der Waals surface area contributed by atoms with E-state index in [1.165, 1.54) is 13.2 Å². The number of hydrogen-bond donors (Lipinski definition) is 1. The van der Waals surface area contributed by atoms with Gasteiger partial charge in [-0.05, 0) is 24.6 Å². The Hall–Kier alpha value is -2.66. The molecule has 4 nitrogen and oxygen atoms in total. The van der Waals surface area contributed by atoms with E-state index in [0.29, 0.717) is 6.54 Å². The van der Waals surface area contributed by atoms with E-state index in [4.69, 9.17) is 9.26 Å². The average molecular weight is 326 g/mol. The zero-order valence-electron chi connectivity index (χ0n) is 13.6. The van der Waals surface area contributed by atoms with Gasteiger partial charge in [0.2, 0.25) is 0 Å². The van der Waals surface area contributed by atoms with Gasteiger partial charge in [0.1, 0.15) is 5.69 Å². The Balaban J connectivity index is 1.63.